The molecule has 0 saturated heterocycles. The van der Waals surface area contributed by atoms with E-state index in [1.807, 2.05) is 0 Å². The first-order valence-corrected chi connectivity index (χ1v) is 19.5. The van der Waals surface area contributed by atoms with Crippen LogP contribution in [0.4, 0.5) is 0 Å². The zero-order valence-electron chi connectivity index (χ0n) is 29.1. The van der Waals surface area contributed by atoms with Crippen LogP contribution in [0, 0.1) is 23.7 Å². The van der Waals surface area contributed by atoms with E-state index in [2.05, 4.69) is 146 Å². The van der Waals surface area contributed by atoms with Gasteiger partial charge in [0.2, 0.25) is 0 Å². The Hall–Kier alpha value is -5.40. The highest BCUT2D eigenvalue weighted by Crippen LogP contribution is 2.69. The predicted octanol–water partition coefficient (Wildman–Crippen LogP) is 12.7. The standard InChI is InChI=1S/C51H38O/c1-2-10-37-32(9-1)18-21-44-49(37)40-12-4-6-14-42(40)51(44)41-13-5-3-11-38(41)39-20-17-33(28-45(39)51)34-19-22-48-46(29-34)50(43-15-7-8-16-47(43)52-48)35-24-30-23-31(26-35)27-36(50)25-30/h1-22,28-31,35-36H,23-27H2. The third-order valence-corrected chi connectivity index (χ3v) is 14.7. The largest absolute Gasteiger partial charge is 0.457 e. The minimum Gasteiger partial charge on any atom is -0.457 e. The van der Waals surface area contributed by atoms with Gasteiger partial charge in [0, 0.05) is 16.5 Å². The lowest BCUT2D eigenvalue weighted by Crippen LogP contribution is -2.56. The Morgan fingerprint density at radius 3 is 1.83 bits per heavy atom. The molecule has 248 valence electrons. The van der Waals surface area contributed by atoms with Crippen LogP contribution in [0.25, 0.3) is 44.2 Å². The lowest BCUT2D eigenvalue weighted by atomic mass is 9.41. The molecule has 1 unspecified atom stereocenters. The third-order valence-electron chi connectivity index (χ3n) is 14.7. The Balaban J connectivity index is 1.05. The van der Waals surface area contributed by atoms with Gasteiger partial charge in [-0.3, -0.25) is 0 Å². The number of hydrogen-bond donors (Lipinski definition) is 0. The summed E-state index contributed by atoms with van der Waals surface area (Å²) in [6.45, 7) is 0. The quantitative estimate of drug-likeness (QED) is 0.169. The van der Waals surface area contributed by atoms with Gasteiger partial charge >= 0.3 is 0 Å². The van der Waals surface area contributed by atoms with Crippen LogP contribution in [0.15, 0.2) is 146 Å². The molecule has 2 spiro atoms. The van der Waals surface area contributed by atoms with Crippen molar-refractivity contribution in [1.29, 1.82) is 0 Å². The number of fused-ring (bicyclic) bond motifs is 14. The fraction of sp³-hybridized carbons (Fsp3) is 0.216. The summed E-state index contributed by atoms with van der Waals surface area (Å²) in [6, 6.07) is 55.7. The monoisotopic (exact) mass is 666 g/mol. The van der Waals surface area contributed by atoms with Crippen LogP contribution in [0.3, 0.4) is 0 Å². The van der Waals surface area contributed by atoms with Crippen LogP contribution in [0.5, 0.6) is 11.5 Å². The maximum atomic E-state index is 6.80. The Labute approximate surface area is 304 Å². The zero-order chi connectivity index (χ0) is 33.8. The molecule has 4 bridgehead atoms. The first-order valence-electron chi connectivity index (χ1n) is 19.5. The molecule has 52 heavy (non-hydrogen) atoms. The second kappa shape index (κ2) is 9.72. The van der Waals surface area contributed by atoms with Crippen molar-refractivity contribution in [1.82, 2.24) is 0 Å². The van der Waals surface area contributed by atoms with E-state index < -0.39 is 0 Å². The molecule has 1 heterocycles. The number of hydrogen-bond acceptors (Lipinski definition) is 1. The molecular formula is C51H38O. The van der Waals surface area contributed by atoms with E-state index in [-0.39, 0.29) is 10.8 Å². The number of para-hydroxylation sites is 1. The van der Waals surface area contributed by atoms with E-state index >= 15 is 0 Å². The molecular weight excluding hydrogens is 629 g/mol. The molecule has 7 aliphatic rings. The van der Waals surface area contributed by atoms with Crippen LogP contribution in [-0.2, 0) is 10.8 Å². The maximum Gasteiger partial charge on any atom is 0.131 e. The smallest absolute Gasteiger partial charge is 0.131 e. The van der Waals surface area contributed by atoms with Crippen LogP contribution < -0.4 is 4.74 Å². The normalized spacial score (nSPS) is 27.5. The average Bonchev–Trinajstić information content (AvgIpc) is 3.66. The van der Waals surface area contributed by atoms with Crippen LogP contribution in [0.2, 0.25) is 0 Å². The molecule has 4 saturated carbocycles. The highest BCUT2D eigenvalue weighted by molar-refractivity contribution is 6.06. The van der Waals surface area contributed by atoms with Crippen molar-refractivity contribution in [3.05, 3.63) is 179 Å². The Morgan fingerprint density at radius 1 is 0.423 bits per heavy atom. The van der Waals surface area contributed by atoms with E-state index in [9.17, 15) is 0 Å². The lowest BCUT2D eigenvalue weighted by Gasteiger charge is -2.63. The van der Waals surface area contributed by atoms with Crippen molar-refractivity contribution in [3.63, 3.8) is 0 Å². The van der Waals surface area contributed by atoms with Crippen LogP contribution >= 0.6 is 0 Å². The first kappa shape index (κ1) is 28.2. The summed E-state index contributed by atoms with van der Waals surface area (Å²) in [5, 5.41) is 2.63. The van der Waals surface area contributed by atoms with Crippen molar-refractivity contribution >= 4 is 10.8 Å². The summed E-state index contributed by atoms with van der Waals surface area (Å²) in [5.74, 6) is 5.32. The predicted molar refractivity (Wildman–Crippen MR) is 210 cm³/mol. The molecule has 6 aliphatic carbocycles. The molecule has 1 nitrogen and oxygen atoms in total. The molecule has 1 aliphatic heterocycles. The second-order valence-electron chi connectivity index (χ2n) is 16.8. The van der Waals surface area contributed by atoms with Crippen molar-refractivity contribution in [2.45, 2.75) is 42.9 Å². The van der Waals surface area contributed by atoms with Gasteiger partial charge in [0.15, 0.2) is 0 Å². The fourth-order valence-corrected chi connectivity index (χ4v) is 13.2. The molecule has 4 fully saturated rings. The van der Waals surface area contributed by atoms with Gasteiger partial charge in [0.1, 0.15) is 11.5 Å². The van der Waals surface area contributed by atoms with Crippen molar-refractivity contribution in [2.75, 3.05) is 0 Å². The van der Waals surface area contributed by atoms with E-state index in [0.29, 0.717) is 11.8 Å². The summed E-state index contributed by atoms with van der Waals surface area (Å²) in [7, 11) is 0. The van der Waals surface area contributed by atoms with E-state index in [4.69, 9.17) is 4.74 Å². The lowest BCUT2D eigenvalue weighted by molar-refractivity contribution is -0.0452. The topological polar surface area (TPSA) is 9.23 Å². The number of ether oxygens (including phenoxy) is 1. The summed E-state index contributed by atoms with van der Waals surface area (Å²) < 4.78 is 6.80. The highest BCUT2D eigenvalue weighted by atomic mass is 16.5. The Morgan fingerprint density at radius 2 is 1.02 bits per heavy atom. The third kappa shape index (κ3) is 3.25. The maximum absolute atomic E-state index is 6.80. The van der Waals surface area contributed by atoms with Gasteiger partial charge in [0.05, 0.1) is 5.41 Å². The van der Waals surface area contributed by atoms with E-state index in [1.165, 1.54) is 110 Å². The minimum atomic E-state index is -0.378. The first-order chi connectivity index (χ1) is 25.7. The molecule has 7 aromatic carbocycles. The summed E-state index contributed by atoms with van der Waals surface area (Å²) in [6.07, 6.45) is 6.89. The van der Waals surface area contributed by atoms with Gasteiger partial charge in [-0.25, -0.2) is 0 Å². The molecule has 1 heteroatoms. The van der Waals surface area contributed by atoms with Gasteiger partial charge in [-0.1, -0.05) is 121 Å². The fourth-order valence-electron chi connectivity index (χ4n) is 13.2. The van der Waals surface area contributed by atoms with E-state index in [1.54, 1.807) is 0 Å². The molecule has 0 radical (unpaired) electrons. The van der Waals surface area contributed by atoms with Crippen molar-refractivity contribution in [3.8, 4) is 44.9 Å². The van der Waals surface area contributed by atoms with Gasteiger partial charge in [-0.2, -0.15) is 0 Å². The van der Waals surface area contributed by atoms with Gasteiger partial charge in [-0.15, -0.1) is 0 Å². The molecule has 0 N–H and O–H groups in total. The minimum absolute atomic E-state index is 0.0339. The highest BCUT2D eigenvalue weighted by Gasteiger charge is 2.61. The molecule has 0 amide bonds. The van der Waals surface area contributed by atoms with Crippen LogP contribution in [-0.4, -0.2) is 0 Å². The molecule has 1 atom stereocenters. The summed E-state index contributed by atoms with van der Waals surface area (Å²) in [4.78, 5) is 0. The zero-order valence-corrected chi connectivity index (χ0v) is 29.1. The number of rotatable bonds is 1. The van der Waals surface area contributed by atoms with Crippen LogP contribution in [0.1, 0.15) is 65.5 Å². The summed E-state index contributed by atoms with van der Waals surface area (Å²) in [5.41, 5.74) is 16.2. The molecule has 14 rings (SSSR count). The second-order valence-corrected chi connectivity index (χ2v) is 16.8. The Kier molecular flexibility index (Phi) is 5.27. The van der Waals surface area contributed by atoms with E-state index in [0.717, 1.165) is 23.3 Å². The van der Waals surface area contributed by atoms with Crippen molar-refractivity contribution in [2.24, 2.45) is 23.7 Å². The molecule has 7 aromatic rings. The summed E-state index contributed by atoms with van der Waals surface area (Å²) >= 11 is 0. The Bertz CT molecular complexity index is 2670. The number of benzene rings is 7. The van der Waals surface area contributed by atoms with Gasteiger partial charge in [-0.05, 0) is 146 Å². The average molecular weight is 667 g/mol. The van der Waals surface area contributed by atoms with Crippen molar-refractivity contribution < 1.29 is 4.74 Å². The molecule has 0 aromatic heterocycles. The van der Waals surface area contributed by atoms with Gasteiger partial charge in [0.25, 0.3) is 0 Å². The SMILES string of the molecule is c1ccc2c(c1)Oc1ccc(-c3ccc4c(c3)C3(c5ccccc5-4)c4ccccc4-c4c3ccc3ccccc43)cc1C21C2CC3CC(C2)CC1C3. The van der Waals surface area contributed by atoms with Gasteiger partial charge < -0.3 is 4.74 Å².